The molecule has 2 N–H and O–H groups in total. The zero-order valence-electron chi connectivity index (χ0n) is 9.24. The molecule has 0 fully saturated rings. The van der Waals surface area contributed by atoms with E-state index in [4.69, 9.17) is 0 Å². The number of aliphatic hydroxyl groups is 1. The fourth-order valence-corrected chi connectivity index (χ4v) is 1.26. The summed E-state index contributed by atoms with van der Waals surface area (Å²) in [6.45, 7) is 1.83. The number of rotatable bonds is 2. The van der Waals surface area contributed by atoms with Gasteiger partial charge >= 0.3 is 6.03 Å². The SMILES string of the molecule is Cc1cccc(NC(=O)N(C)C)c1CO. The molecule has 0 heterocycles. The number of aryl methyl sites for hydroxylation is 1. The number of hydrogen-bond donors (Lipinski definition) is 2. The molecular formula is C11H16N2O2. The van der Waals surface area contributed by atoms with Gasteiger partial charge in [-0.2, -0.15) is 0 Å². The van der Waals surface area contributed by atoms with E-state index in [1.807, 2.05) is 19.1 Å². The number of carbonyl (C=O) groups excluding carboxylic acids is 1. The van der Waals surface area contributed by atoms with Crippen LogP contribution in [-0.2, 0) is 6.61 Å². The van der Waals surface area contributed by atoms with Crippen LogP contribution in [0.2, 0.25) is 0 Å². The van der Waals surface area contributed by atoms with Crippen LogP contribution < -0.4 is 5.32 Å². The summed E-state index contributed by atoms with van der Waals surface area (Å²) in [5.41, 5.74) is 2.39. The predicted molar refractivity (Wildman–Crippen MR) is 59.8 cm³/mol. The third-order valence-electron chi connectivity index (χ3n) is 2.22. The lowest BCUT2D eigenvalue weighted by Crippen LogP contribution is -2.27. The Bertz CT molecular complexity index is 362. The van der Waals surface area contributed by atoms with Crippen molar-refractivity contribution in [3.05, 3.63) is 29.3 Å². The molecule has 4 nitrogen and oxygen atoms in total. The molecule has 0 aliphatic carbocycles. The van der Waals surface area contributed by atoms with E-state index in [0.29, 0.717) is 5.69 Å². The maximum Gasteiger partial charge on any atom is 0.321 e. The number of anilines is 1. The first kappa shape index (κ1) is 11.5. The minimum Gasteiger partial charge on any atom is -0.392 e. The number of urea groups is 1. The average molecular weight is 208 g/mol. The van der Waals surface area contributed by atoms with Gasteiger partial charge in [-0.05, 0) is 18.6 Å². The minimum atomic E-state index is -0.199. The van der Waals surface area contributed by atoms with Crippen LogP contribution in [0.25, 0.3) is 0 Å². The molecular weight excluding hydrogens is 192 g/mol. The molecule has 0 aliphatic rings. The van der Waals surface area contributed by atoms with Crippen LogP contribution in [0.1, 0.15) is 11.1 Å². The summed E-state index contributed by atoms with van der Waals surface area (Å²) in [7, 11) is 3.34. The molecule has 4 heteroatoms. The molecule has 0 bridgehead atoms. The summed E-state index contributed by atoms with van der Waals surface area (Å²) < 4.78 is 0. The lowest BCUT2D eigenvalue weighted by atomic mass is 10.1. The quantitative estimate of drug-likeness (QED) is 0.775. The number of carbonyl (C=O) groups is 1. The highest BCUT2D eigenvalue weighted by molar-refractivity contribution is 5.90. The second kappa shape index (κ2) is 4.79. The molecule has 0 saturated carbocycles. The zero-order chi connectivity index (χ0) is 11.4. The Morgan fingerprint density at radius 3 is 2.67 bits per heavy atom. The highest BCUT2D eigenvalue weighted by Crippen LogP contribution is 2.19. The van der Waals surface area contributed by atoms with E-state index in [1.165, 1.54) is 4.90 Å². The van der Waals surface area contributed by atoms with E-state index in [0.717, 1.165) is 11.1 Å². The topological polar surface area (TPSA) is 52.6 Å². The Hall–Kier alpha value is -1.55. The Balaban J connectivity index is 2.94. The molecule has 0 spiro atoms. The third-order valence-corrected chi connectivity index (χ3v) is 2.22. The van der Waals surface area contributed by atoms with E-state index in [2.05, 4.69) is 5.32 Å². The van der Waals surface area contributed by atoms with Crippen LogP contribution in [0.15, 0.2) is 18.2 Å². The van der Waals surface area contributed by atoms with Gasteiger partial charge in [-0.25, -0.2) is 4.79 Å². The maximum atomic E-state index is 11.4. The molecule has 0 aromatic heterocycles. The number of nitrogens with zero attached hydrogens (tertiary/aromatic N) is 1. The van der Waals surface area contributed by atoms with Gasteiger partial charge in [0.2, 0.25) is 0 Å². The summed E-state index contributed by atoms with van der Waals surface area (Å²) >= 11 is 0. The van der Waals surface area contributed by atoms with Gasteiger partial charge < -0.3 is 15.3 Å². The van der Waals surface area contributed by atoms with E-state index in [9.17, 15) is 9.90 Å². The van der Waals surface area contributed by atoms with Gasteiger partial charge in [0.25, 0.3) is 0 Å². The van der Waals surface area contributed by atoms with Gasteiger partial charge in [0, 0.05) is 25.3 Å². The lowest BCUT2D eigenvalue weighted by molar-refractivity contribution is 0.230. The summed E-state index contributed by atoms with van der Waals surface area (Å²) in [6, 6.07) is 5.33. The van der Waals surface area contributed by atoms with Crippen molar-refractivity contribution in [1.29, 1.82) is 0 Å². The number of amides is 2. The second-order valence-electron chi connectivity index (χ2n) is 3.58. The second-order valence-corrected chi connectivity index (χ2v) is 3.58. The average Bonchev–Trinajstić information content (AvgIpc) is 2.18. The first-order valence-electron chi connectivity index (χ1n) is 4.74. The Kier molecular flexibility index (Phi) is 3.68. The Morgan fingerprint density at radius 2 is 2.13 bits per heavy atom. The fraction of sp³-hybridized carbons (Fsp3) is 0.364. The van der Waals surface area contributed by atoms with Crippen molar-refractivity contribution in [2.45, 2.75) is 13.5 Å². The molecule has 1 aromatic carbocycles. The van der Waals surface area contributed by atoms with Crippen LogP contribution in [0.3, 0.4) is 0 Å². The normalized spacial score (nSPS) is 9.87. The molecule has 15 heavy (non-hydrogen) atoms. The molecule has 0 radical (unpaired) electrons. The summed E-state index contributed by atoms with van der Waals surface area (Å²) in [6.07, 6.45) is 0. The number of hydrogen-bond acceptors (Lipinski definition) is 2. The molecule has 0 saturated heterocycles. The van der Waals surface area contributed by atoms with Gasteiger partial charge in [0.1, 0.15) is 0 Å². The van der Waals surface area contributed by atoms with Crippen LogP contribution in [0, 0.1) is 6.92 Å². The third kappa shape index (κ3) is 2.70. The Labute approximate surface area is 89.5 Å². The van der Waals surface area contributed by atoms with Crippen molar-refractivity contribution in [3.63, 3.8) is 0 Å². The number of benzene rings is 1. The van der Waals surface area contributed by atoms with E-state index < -0.39 is 0 Å². The zero-order valence-corrected chi connectivity index (χ0v) is 9.24. The van der Waals surface area contributed by atoms with Crippen LogP contribution in [0.5, 0.6) is 0 Å². The Morgan fingerprint density at radius 1 is 1.47 bits per heavy atom. The summed E-state index contributed by atoms with van der Waals surface area (Å²) in [5, 5.41) is 11.9. The van der Waals surface area contributed by atoms with Crippen LogP contribution in [-0.4, -0.2) is 30.1 Å². The molecule has 0 unspecified atom stereocenters. The van der Waals surface area contributed by atoms with Gasteiger partial charge in [0.15, 0.2) is 0 Å². The van der Waals surface area contributed by atoms with Crippen LogP contribution in [0.4, 0.5) is 10.5 Å². The first-order chi connectivity index (χ1) is 7.06. The van der Waals surface area contributed by atoms with Crippen LogP contribution >= 0.6 is 0 Å². The van der Waals surface area contributed by atoms with Gasteiger partial charge in [-0.15, -0.1) is 0 Å². The standard InChI is InChI=1S/C11H16N2O2/c1-8-5-4-6-10(9(8)7-14)12-11(15)13(2)3/h4-6,14H,7H2,1-3H3,(H,12,15). The number of nitrogens with one attached hydrogen (secondary N) is 1. The number of aliphatic hydroxyl groups excluding tert-OH is 1. The maximum absolute atomic E-state index is 11.4. The highest BCUT2D eigenvalue weighted by atomic mass is 16.3. The van der Waals surface area contributed by atoms with Crippen molar-refractivity contribution < 1.29 is 9.90 Å². The molecule has 0 atom stereocenters. The monoisotopic (exact) mass is 208 g/mol. The molecule has 2 amide bonds. The van der Waals surface area contributed by atoms with Crippen molar-refractivity contribution in [3.8, 4) is 0 Å². The molecule has 1 rings (SSSR count). The van der Waals surface area contributed by atoms with Gasteiger partial charge in [-0.3, -0.25) is 0 Å². The smallest absolute Gasteiger partial charge is 0.321 e. The summed E-state index contributed by atoms with van der Waals surface area (Å²) in [4.78, 5) is 12.9. The highest BCUT2D eigenvalue weighted by Gasteiger charge is 2.08. The van der Waals surface area contributed by atoms with Crippen molar-refractivity contribution in [2.75, 3.05) is 19.4 Å². The fourth-order valence-electron chi connectivity index (χ4n) is 1.26. The van der Waals surface area contributed by atoms with Crippen molar-refractivity contribution in [2.24, 2.45) is 0 Å². The van der Waals surface area contributed by atoms with Crippen molar-refractivity contribution in [1.82, 2.24) is 4.90 Å². The van der Waals surface area contributed by atoms with E-state index in [-0.39, 0.29) is 12.6 Å². The molecule has 0 aliphatic heterocycles. The predicted octanol–water partition coefficient (Wildman–Crippen LogP) is 1.58. The first-order valence-corrected chi connectivity index (χ1v) is 4.74. The van der Waals surface area contributed by atoms with Gasteiger partial charge in [0.05, 0.1) is 6.61 Å². The van der Waals surface area contributed by atoms with E-state index >= 15 is 0 Å². The van der Waals surface area contributed by atoms with E-state index in [1.54, 1.807) is 20.2 Å². The minimum absolute atomic E-state index is 0.0737. The van der Waals surface area contributed by atoms with Gasteiger partial charge in [-0.1, -0.05) is 12.1 Å². The van der Waals surface area contributed by atoms with Crippen molar-refractivity contribution >= 4 is 11.7 Å². The molecule has 82 valence electrons. The lowest BCUT2D eigenvalue weighted by Gasteiger charge is -2.15. The summed E-state index contributed by atoms with van der Waals surface area (Å²) in [5.74, 6) is 0. The molecule has 1 aromatic rings. The largest absolute Gasteiger partial charge is 0.392 e.